The van der Waals surface area contributed by atoms with Gasteiger partial charge in [-0.1, -0.05) is 112 Å². The molecule has 0 aliphatic heterocycles. The van der Waals surface area contributed by atoms with Crippen molar-refractivity contribution in [2.75, 3.05) is 5.32 Å². The van der Waals surface area contributed by atoms with E-state index in [1.54, 1.807) is 6.08 Å². The molecule has 2 heterocycles. The van der Waals surface area contributed by atoms with E-state index < -0.39 is 0 Å². The molecule has 242 valence electrons. The highest BCUT2D eigenvalue weighted by atomic mass is 15.1. The summed E-state index contributed by atoms with van der Waals surface area (Å²) in [5.74, 6) is 0.794. The lowest BCUT2D eigenvalue weighted by Gasteiger charge is -2.21. The zero-order valence-electron chi connectivity index (χ0n) is 28.7. The van der Waals surface area contributed by atoms with Gasteiger partial charge < -0.3 is 5.32 Å². The second-order valence-electron chi connectivity index (χ2n) is 13.5. The van der Waals surface area contributed by atoms with E-state index in [9.17, 15) is 0 Å². The lowest BCUT2D eigenvalue weighted by molar-refractivity contribution is 0.660. The third-order valence-electron chi connectivity index (χ3n) is 10.2. The molecule has 7 aromatic rings. The SMILES string of the molecule is C=C/C=c1\c(=C)c2cc(N=C)c(Nc3ccccc3-c3ccccc3C)cc2n1-c1cc(-c2ccc3c(c2)-c2ccccc2C3(C)C)ccn1. The molecule has 2 aromatic heterocycles. The predicted octanol–water partition coefficient (Wildman–Crippen LogP) is 10.4. The fourth-order valence-corrected chi connectivity index (χ4v) is 7.64. The van der Waals surface area contributed by atoms with Gasteiger partial charge in [0.2, 0.25) is 0 Å². The molecule has 8 rings (SSSR count). The number of hydrogen-bond donors (Lipinski definition) is 1. The fourth-order valence-electron chi connectivity index (χ4n) is 7.64. The molecule has 4 nitrogen and oxygen atoms in total. The number of nitrogens with zero attached hydrogens (tertiary/aromatic N) is 3. The number of aromatic nitrogens is 2. The third kappa shape index (κ3) is 4.91. The Hall–Kier alpha value is -6.26. The quantitative estimate of drug-likeness (QED) is 0.175. The van der Waals surface area contributed by atoms with Crippen molar-refractivity contribution in [2.45, 2.75) is 26.2 Å². The Kier molecular flexibility index (Phi) is 7.45. The van der Waals surface area contributed by atoms with E-state index in [-0.39, 0.29) is 5.41 Å². The monoisotopic (exact) mass is 646 g/mol. The van der Waals surface area contributed by atoms with Gasteiger partial charge in [0.05, 0.1) is 22.2 Å². The minimum atomic E-state index is -0.0385. The minimum absolute atomic E-state index is 0.0385. The number of pyridine rings is 1. The average molecular weight is 647 g/mol. The highest BCUT2D eigenvalue weighted by Gasteiger charge is 2.35. The summed E-state index contributed by atoms with van der Waals surface area (Å²) in [7, 11) is 0. The minimum Gasteiger partial charge on any atom is -0.353 e. The van der Waals surface area contributed by atoms with Crippen molar-refractivity contribution in [1.82, 2.24) is 9.55 Å². The van der Waals surface area contributed by atoms with Gasteiger partial charge >= 0.3 is 0 Å². The maximum Gasteiger partial charge on any atom is 0.138 e. The molecule has 0 amide bonds. The Morgan fingerprint density at radius 3 is 2.22 bits per heavy atom. The molecule has 0 bridgehead atoms. The Labute approximate surface area is 293 Å². The number of aryl methyl sites for hydroxylation is 1. The number of fused-ring (bicyclic) bond motifs is 4. The molecule has 0 saturated heterocycles. The predicted molar refractivity (Wildman–Crippen MR) is 213 cm³/mol. The molecule has 50 heavy (non-hydrogen) atoms. The number of rotatable bonds is 7. The van der Waals surface area contributed by atoms with Gasteiger partial charge in [-0.15, -0.1) is 0 Å². The van der Waals surface area contributed by atoms with Gasteiger partial charge in [-0.3, -0.25) is 9.56 Å². The number of benzene rings is 5. The van der Waals surface area contributed by atoms with Gasteiger partial charge in [-0.2, -0.15) is 0 Å². The van der Waals surface area contributed by atoms with Crippen molar-refractivity contribution >= 4 is 47.3 Å². The average Bonchev–Trinajstić information content (AvgIpc) is 3.54. The van der Waals surface area contributed by atoms with Crippen LogP contribution in [0.3, 0.4) is 0 Å². The van der Waals surface area contributed by atoms with Crippen LogP contribution in [0.25, 0.3) is 62.8 Å². The van der Waals surface area contributed by atoms with Crippen LogP contribution >= 0.6 is 0 Å². The standard InChI is InChI=1S/C46H38N4/c1-7-14-43-30(3)36-27-41(47-6)42(49-40-20-13-11-18-35(40)33-16-9-8-15-29(33)2)28-44(36)50(43)45-26-32(23-24-48-45)31-21-22-39-37(25-31)34-17-10-12-19-38(34)46(39,4)5/h7-28,49H,1,3,6H2,2,4-5H3/b43-14+. The van der Waals surface area contributed by atoms with Crippen molar-refractivity contribution in [3.8, 4) is 39.2 Å². The van der Waals surface area contributed by atoms with Crippen molar-refractivity contribution in [3.63, 3.8) is 0 Å². The molecule has 0 atom stereocenters. The van der Waals surface area contributed by atoms with Crippen LogP contribution in [0.5, 0.6) is 0 Å². The van der Waals surface area contributed by atoms with E-state index in [0.29, 0.717) is 0 Å². The van der Waals surface area contributed by atoms with E-state index in [1.165, 1.54) is 33.4 Å². The van der Waals surface area contributed by atoms with Gasteiger partial charge in [0.25, 0.3) is 0 Å². The van der Waals surface area contributed by atoms with E-state index in [1.807, 2.05) is 18.3 Å². The molecule has 1 aliphatic rings. The van der Waals surface area contributed by atoms with Crippen molar-refractivity contribution in [1.29, 1.82) is 0 Å². The lowest BCUT2D eigenvalue weighted by Crippen LogP contribution is -2.27. The smallest absolute Gasteiger partial charge is 0.138 e. The molecule has 1 N–H and O–H groups in total. The molecule has 0 saturated carbocycles. The topological polar surface area (TPSA) is 42.2 Å². The zero-order valence-corrected chi connectivity index (χ0v) is 28.7. The van der Waals surface area contributed by atoms with Crippen LogP contribution in [0.15, 0.2) is 139 Å². The van der Waals surface area contributed by atoms with Gasteiger partial charge in [0, 0.05) is 33.5 Å². The van der Waals surface area contributed by atoms with Crippen molar-refractivity contribution in [3.05, 3.63) is 161 Å². The molecule has 5 aromatic carbocycles. The van der Waals surface area contributed by atoms with E-state index in [0.717, 1.165) is 61.0 Å². The van der Waals surface area contributed by atoms with E-state index in [2.05, 4.69) is 165 Å². The molecule has 0 unspecified atom stereocenters. The first-order chi connectivity index (χ1) is 24.3. The van der Waals surface area contributed by atoms with Gasteiger partial charge in [0.15, 0.2) is 0 Å². The molecule has 0 radical (unpaired) electrons. The first-order valence-corrected chi connectivity index (χ1v) is 16.9. The molecule has 0 spiro atoms. The van der Waals surface area contributed by atoms with E-state index in [4.69, 9.17) is 4.98 Å². The van der Waals surface area contributed by atoms with Crippen LogP contribution in [0.1, 0.15) is 30.5 Å². The number of aliphatic imine (C=N–C) groups is 1. The van der Waals surface area contributed by atoms with Crippen LogP contribution in [0.4, 0.5) is 17.1 Å². The number of nitrogens with one attached hydrogen (secondary N) is 1. The van der Waals surface area contributed by atoms with Gasteiger partial charge in [-0.05, 0) is 101 Å². The Bertz CT molecular complexity index is 2620. The van der Waals surface area contributed by atoms with Crippen LogP contribution in [-0.2, 0) is 5.41 Å². The van der Waals surface area contributed by atoms with Crippen molar-refractivity contribution < 1.29 is 0 Å². The van der Waals surface area contributed by atoms with Crippen molar-refractivity contribution in [2.24, 2.45) is 4.99 Å². The second kappa shape index (κ2) is 12.0. The Morgan fingerprint density at radius 1 is 0.740 bits per heavy atom. The van der Waals surface area contributed by atoms with Crippen LogP contribution < -0.4 is 15.9 Å². The Balaban J connectivity index is 1.28. The molecular weight excluding hydrogens is 609 g/mol. The van der Waals surface area contributed by atoms with Gasteiger partial charge in [-0.25, -0.2) is 4.98 Å². The molecule has 0 fully saturated rings. The molecular formula is C46H38N4. The normalized spacial score (nSPS) is 13.2. The number of hydrogen-bond acceptors (Lipinski definition) is 3. The third-order valence-corrected chi connectivity index (χ3v) is 10.2. The highest BCUT2D eigenvalue weighted by molar-refractivity contribution is 5.95. The first kappa shape index (κ1) is 31.0. The Morgan fingerprint density at radius 2 is 1.44 bits per heavy atom. The summed E-state index contributed by atoms with van der Waals surface area (Å²) in [6.45, 7) is 19.2. The van der Waals surface area contributed by atoms with Crippen LogP contribution in [0.2, 0.25) is 0 Å². The summed E-state index contributed by atoms with van der Waals surface area (Å²) in [5, 5.41) is 6.47. The largest absolute Gasteiger partial charge is 0.353 e. The highest BCUT2D eigenvalue weighted by Crippen LogP contribution is 2.49. The molecule has 4 heteroatoms. The van der Waals surface area contributed by atoms with Crippen LogP contribution in [0, 0.1) is 6.92 Å². The first-order valence-electron chi connectivity index (χ1n) is 16.9. The summed E-state index contributed by atoms with van der Waals surface area (Å²) in [6, 6.07) is 40.8. The summed E-state index contributed by atoms with van der Waals surface area (Å²) in [6.07, 6.45) is 5.68. The van der Waals surface area contributed by atoms with Crippen LogP contribution in [-0.4, -0.2) is 16.3 Å². The summed E-state index contributed by atoms with van der Waals surface area (Å²) >= 11 is 0. The summed E-state index contributed by atoms with van der Waals surface area (Å²) in [4.78, 5) is 9.37. The number of allylic oxidation sites excluding steroid dienone is 1. The fraction of sp³-hybridized carbons (Fsp3) is 0.0870. The maximum absolute atomic E-state index is 4.92. The summed E-state index contributed by atoms with van der Waals surface area (Å²) in [5.41, 5.74) is 14.5. The van der Waals surface area contributed by atoms with Gasteiger partial charge in [0.1, 0.15) is 5.82 Å². The maximum atomic E-state index is 4.92. The number of para-hydroxylation sites is 1. The molecule has 1 aliphatic carbocycles. The lowest BCUT2D eigenvalue weighted by atomic mass is 9.82. The zero-order chi connectivity index (χ0) is 34.6. The van der Waals surface area contributed by atoms with E-state index >= 15 is 0 Å². The summed E-state index contributed by atoms with van der Waals surface area (Å²) < 4.78 is 2.17. The second-order valence-corrected chi connectivity index (χ2v) is 13.5. The number of anilines is 2.